The minimum atomic E-state index is -4.84. The van der Waals surface area contributed by atoms with Crippen LogP contribution in [0.25, 0.3) is 11.3 Å². The molecule has 12 heteroatoms. The minimum absolute atomic E-state index is 0.0830. The molecule has 2 amide bonds. The number of nitrogens with one attached hydrogen (secondary N) is 2. The van der Waals surface area contributed by atoms with E-state index in [0.29, 0.717) is 17.0 Å². The molecule has 1 saturated carbocycles. The van der Waals surface area contributed by atoms with E-state index in [1.807, 2.05) is 0 Å². The van der Waals surface area contributed by atoms with Gasteiger partial charge in [-0.3, -0.25) is 4.79 Å². The second-order valence-electron chi connectivity index (χ2n) is 9.89. The second-order valence-corrected chi connectivity index (χ2v) is 9.89. The molecule has 3 N–H and O–H groups in total. The van der Waals surface area contributed by atoms with E-state index in [0.717, 1.165) is 43.4 Å². The molecule has 1 aliphatic carbocycles. The molecule has 5 rings (SSSR count). The van der Waals surface area contributed by atoms with Crippen molar-refractivity contribution < 1.29 is 37.0 Å². The predicted molar refractivity (Wildman–Crippen MR) is 146 cm³/mol. The van der Waals surface area contributed by atoms with Crippen molar-refractivity contribution >= 4 is 17.6 Å². The van der Waals surface area contributed by atoms with Crippen molar-refractivity contribution in [2.75, 3.05) is 5.32 Å². The molecule has 42 heavy (non-hydrogen) atoms. The third-order valence-electron chi connectivity index (χ3n) is 6.94. The summed E-state index contributed by atoms with van der Waals surface area (Å²) in [6, 6.07) is 15.9. The summed E-state index contributed by atoms with van der Waals surface area (Å²) in [5.41, 5.74) is 2.47. The number of carbonyl (C=O) groups is 2. The third kappa shape index (κ3) is 6.88. The zero-order valence-electron chi connectivity index (χ0n) is 22.1. The van der Waals surface area contributed by atoms with E-state index >= 15 is 0 Å². The van der Waals surface area contributed by atoms with Crippen molar-refractivity contribution in [1.29, 1.82) is 0 Å². The molecule has 0 unspecified atom stereocenters. The van der Waals surface area contributed by atoms with Crippen LogP contribution in [0.1, 0.15) is 53.2 Å². The molecule has 0 aliphatic heterocycles. The number of nitrogens with zero attached hydrogens (tertiary/aromatic N) is 2. The number of carbonyl (C=O) groups excluding carboxylic acids is 2. The largest absolute Gasteiger partial charge is 0.573 e. The molecule has 1 aliphatic rings. The average Bonchev–Trinajstić information content (AvgIpc) is 3.63. The molecular formula is C30H26F4N4O4. The average molecular weight is 583 g/mol. The van der Waals surface area contributed by atoms with E-state index in [9.17, 15) is 32.3 Å². The normalized spacial score (nSPS) is 13.6. The maximum atomic E-state index is 13.2. The highest BCUT2D eigenvalue weighted by molar-refractivity contribution is 6.04. The van der Waals surface area contributed by atoms with Crippen molar-refractivity contribution in [3.05, 3.63) is 95.4 Å². The number of amides is 2. The first-order valence-corrected chi connectivity index (χ1v) is 13.2. The molecule has 1 aromatic heterocycles. The molecule has 3 aromatic carbocycles. The Morgan fingerprint density at radius 2 is 1.67 bits per heavy atom. The zero-order valence-corrected chi connectivity index (χ0v) is 22.1. The zero-order chi connectivity index (χ0) is 29.9. The maximum Gasteiger partial charge on any atom is 0.573 e. The van der Waals surface area contributed by atoms with Gasteiger partial charge in [-0.15, -0.1) is 13.2 Å². The Balaban J connectivity index is 1.32. The van der Waals surface area contributed by atoms with Crippen LogP contribution in [0.2, 0.25) is 0 Å². The maximum absolute atomic E-state index is 13.2. The van der Waals surface area contributed by atoms with Crippen molar-refractivity contribution in [3.8, 4) is 22.8 Å². The molecule has 218 valence electrons. The molecule has 0 saturated heterocycles. The van der Waals surface area contributed by atoms with E-state index in [1.165, 1.54) is 41.1 Å². The summed E-state index contributed by atoms with van der Waals surface area (Å²) < 4.78 is 55.4. The number of phenols is 1. The molecule has 0 radical (unpaired) electrons. The van der Waals surface area contributed by atoms with Gasteiger partial charge < -0.3 is 20.5 Å². The fourth-order valence-corrected chi connectivity index (χ4v) is 4.89. The first-order valence-electron chi connectivity index (χ1n) is 13.2. The number of phenolic OH excluding ortho intramolecular Hbond substituents is 1. The molecule has 4 aromatic rings. The highest BCUT2D eigenvalue weighted by Crippen LogP contribution is 2.38. The number of halogens is 4. The summed E-state index contributed by atoms with van der Waals surface area (Å²) in [7, 11) is 0. The van der Waals surface area contributed by atoms with Crippen LogP contribution in [0.4, 0.5) is 28.0 Å². The van der Waals surface area contributed by atoms with Crippen LogP contribution in [-0.4, -0.2) is 33.2 Å². The molecule has 8 nitrogen and oxygen atoms in total. The topological polar surface area (TPSA) is 105 Å². The summed E-state index contributed by atoms with van der Waals surface area (Å²) in [5, 5.41) is 20.7. The summed E-state index contributed by atoms with van der Waals surface area (Å²) in [5.74, 6) is -1.51. The molecule has 1 heterocycles. The van der Waals surface area contributed by atoms with Gasteiger partial charge in [0.1, 0.15) is 17.3 Å². The van der Waals surface area contributed by atoms with Crippen LogP contribution in [0.5, 0.6) is 11.5 Å². The van der Waals surface area contributed by atoms with Gasteiger partial charge in [-0.05, 0) is 73.0 Å². The van der Waals surface area contributed by atoms with E-state index in [2.05, 4.69) is 20.5 Å². The van der Waals surface area contributed by atoms with Gasteiger partial charge >= 0.3 is 12.4 Å². The number of ether oxygens (including phenoxy) is 1. The summed E-state index contributed by atoms with van der Waals surface area (Å²) in [6.45, 7) is 0.177. The third-order valence-corrected chi connectivity index (χ3v) is 6.94. The Morgan fingerprint density at radius 1 is 0.976 bits per heavy atom. The van der Waals surface area contributed by atoms with E-state index < -0.39 is 24.1 Å². The Morgan fingerprint density at radius 3 is 2.31 bits per heavy atom. The first-order chi connectivity index (χ1) is 20.1. The Bertz CT molecular complexity index is 1580. The number of hydrogen-bond acceptors (Lipinski definition) is 5. The summed E-state index contributed by atoms with van der Waals surface area (Å²) in [4.78, 5) is 25.7. The van der Waals surface area contributed by atoms with Gasteiger partial charge in [-0.1, -0.05) is 25.0 Å². The number of hydrogen-bond donors (Lipinski definition) is 3. The number of benzene rings is 3. The fraction of sp³-hybridized carbons (Fsp3) is 0.233. The minimum Gasteiger partial charge on any atom is -0.507 e. The van der Waals surface area contributed by atoms with Crippen LogP contribution in [-0.2, 0) is 6.54 Å². The number of alkyl halides is 3. The lowest BCUT2D eigenvalue weighted by molar-refractivity contribution is -0.274. The van der Waals surface area contributed by atoms with E-state index in [1.54, 1.807) is 24.3 Å². The molecular weight excluding hydrogens is 556 g/mol. The predicted octanol–water partition coefficient (Wildman–Crippen LogP) is 6.96. The van der Waals surface area contributed by atoms with Crippen LogP contribution in [0.15, 0.2) is 72.8 Å². The monoisotopic (exact) mass is 582 g/mol. The smallest absolute Gasteiger partial charge is 0.507 e. The van der Waals surface area contributed by atoms with Crippen molar-refractivity contribution in [2.24, 2.45) is 0 Å². The van der Waals surface area contributed by atoms with Gasteiger partial charge in [0.05, 0.1) is 11.4 Å². The van der Waals surface area contributed by atoms with Gasteiger partial charge in [-0.25, -0.2) is 9.18 Å². The van der Waals surface area contributed by atoms with Crippen LogP contribution in [0, 0.1) is 5.82 Å². The lowest BCUT2D eigenvalue weighted by Gasteiger charge is -2.12. The van der Waals surface area contributed by atoms with Gasteiger partial charge in [0.2, 0.25) is 0 Å². The standard InChI is InChI=1S/C30H26F4N4O4/c31-21-9-5-18(6-10-21)17-35-29(41)38-26(19-3-1-2-4-19)16-25(37-38)24-14-11-22(15-27(24)39)36-28(40)20-7-12-23(13-8-20)42-30(32,33)34/h5-16,19,39H,1-4,17H2,(H,35,41)(H,36,40). The lowest BCUT2D eigenvalue weighted by Crippen LogP contribution is -2.30. The van der Waals surface area contributed by atoms with Gasteiger partial charge in [-0.2, -0.15) is 9.78 Å². The van der Waals surface area contributed by atoms with Crippen molar-refractivity contribution in [1.82, 2.24) is 15.1 Å². The highest BCUT2D eigenvalue weighted by Gasteiger charge is 2.31. The van der Waals surface area contributed by atoms with Gasteiger partial charge in [0, 0.05) is 35.3 Å². The SMILES string of the molecule is O=C(Nc1ccc(-c2cc(C3CCCC3)n(C(=O)NCc3ccc(F)cc3)n2)c(O)c1)c1ccc(OC(F)(F)F)cc1. The van der Waals surface area contributed by atoms with Crippen LogP contribution >= 0.6 is 0 Å². The summed E-state index contributed by atoms with van der Waals surface area (Å²) >= 11 is 0. The molecule has 0 spiro atoms. The first kappa shape index (κ1) is 28.7. The molecule has 0 bridgehead atoms. The highest BCUT2D eigenvalue weighted by atomic mass is 19.4. The number of aromatic nitrogens is 2. The summed E-state index contributed by atoms with van der Waals surface area (Å²) in [6.07, 6.45) is -0.988. The van der Waals surface area contributed by atoms with Crippen LogP contribution in [0.3, 0.4) is 0 Å². The quantitative estimate of drug-likeness (QED) is 0.204. The Hall–Kier alpha value is -4.87. The Labute approximate surface area is 237 Å². The van der Waals surface area contributed by atoms with Crippen molar-refractivity contribution in [2.45, 2.75) is 44.5 Å². The number of anilines is 1. The molecule has 0 atom stereocenters. The fourth-order valence-electron chi connectivity index (χ4n) is 4.89. The lowest BCUT2D eigenvalue weighted by atomic mass is 10.0. The van der Waals surface area contributed by atoms with Crippen LogP contribution < -0.4 is 15.4 Å². The Kier molecular flexibility index (Phi) is 8.14. The van der Waals surface area contributed by atoms with Gasteiger partial charge in [0.25, 0.3) is 5.91 Å². The molecule has 1 fully saturated rings. The van der Waals surface area contributed by atoms with Gasteiger partial charge in [0.15, 0.2) is 0 Å². The van der Waals surface area contributed by atoms with E-state index in [-0.39, 0.29) is 35.3 Å². The second kappa shape index (κ2) is 11.9. The number of aromatic hydroxyl groups is 1. The number of rotatable bonds is 7. The van der Waals surface area contributed by atoms with Crippen molar-refractivity contribution in [3.63, 3.8) is 0 Å². The van der Waals surface area contributed by atoms with E-state index in [4.69, 9.17) is 0 Å².